The number of halogens is 2. The zero-order valence-corrected chi connectivity index (χ0v) is 10.3. The molecule has 0 fully saturated rings. The summed E-state index contributed by atoms with van der Waals surface area (Å²) in [6, 6.07) is 6.06. The van der Waals surface area contributed by atoms with Crippen molar-refractivity contribution in [2.75, 3.05) is 0 Å². The van der Waals surface area contributed by atoms with Crippen LogP contribution in [0.2, 0.25) is 0 Å². The summed E-state index contributed by atoms with van der Waals surface area (Å²) in [5.74, 6) is 0. The SMILES string of the molecule is CCc1cc(Br)ccc1CC(Cl)C=O. The first-order valence-corrected chi connectivity index (χ1v) is 5.77. The van der Waals surface area contributed by atoms with Gasteiger partial charge in [0.05, 0.1) is 5.38 Å². The minimum absolute atomic E-state index is 0.415. The molecule has 1 rings (SSSR count). The standard InChI is InChI=1S/C11H12BrClO/c1-2-8-5-10(12)4-3-9(8)6-11(13)7-14/h3-5,7,11H,2,6H2,1H3. The molecule has 1 atom stereocenters. The smallest absolute Gasteiger partial charge is 0.138 e. The van der Waals surface area contributed by atoms with E-state index in [2.05, 4.69) is 28.9 Å². The second kappa shape index (κ2) is 5.52. The Morgan fingerprint density at radius 2 is 2.21 bits per heavy atom. The molecule has 0 saturated heterocycles. The van der Waals surface area contributed by atoms with Crippen LogP contribution < -0.4 is 0 Å². The Kier molecular flexibility index (Phi) is 4.63. The molecule has 0 aliphatic rings. The van der Waals surface area contributed by atoms with Gasteiger partial charge in [0.25, 0.3) is 0 Å². The summed E-state index contributed by atoms with van der Waals surface area (Å²) in [4.78, 5) is 10.4. The summed E-state index contributed by atoms with van der Waals surface area (Å²) >= 11 is 9.21. The number of rotatable bonds is 4. The largest absolute Gasteiger partial charge is 0.302 e. The molecular formula is C11H12BrClO. The van der Waals surface area contributed by atoms with Crippen LogP contribution in [-0.4, -0.2) is 11.7 Å². The van der Waals surface area contributed by atoms with E-state index in [0.29, 0.717) is 6.42 Å². The normalized spacial score (nSPS) is 12.5. The molecule has 1 aromatic rings. The molecule has 0 heterocycles. The van der Waals surface area contributed by atoms with Crippen LogP contribution in [0, 0.1) is 0 Å². The molecule has 14 heavy (non-hydrogen) atoms. The first-order valence-electron chi connectivity index (χ1n) is 4.54. The second-order valence-corrected chi connectivity index (χ2v) is 4.60. The van der Waals surface area contributed by atoms with Gasteiger partial charge in [-0.25, -0.2) is 0 Å². The van der Waals surface area contributed by atoms with Crippen LogP contribution in [0.1, 0.15) is 18.1 Å². The van der Waals surface area contributed by atoms with E-state index >= 15 is 0 Å². The first-order chi connectivity index (χ1) is 6.67. The van der Waals surface area contributed by atoms with Crippen molar-refractivity contribution in [2.45, 2.75) is 25.1 Å². The van der Waals surface area contributed by atoms with Gasteiger partial charge in [-0.3, -0.25) is 0 Å². The molecule has 0 N–H and O–H groups in total. The van der Waals surface area contributed by atoms with Gasteiger partial charge in [0.15, 0.2) is 0 Å². The van der Waals surface area contributed by atoms with Gasteiger partial charge < -0.3 is 4.79 Å². The molecule has 0 aliphatic heterocycles. The van der Waals surface area contributed by atoms with Gasteiger partial charge in [0, 0.05) is 4.47 Å². The molecule has 0 radical (unpaired) electrons. The second-order valence-electron chi connectivity index (χ2n) is 3.12. The van der Waals surface area contributed by atoms with E-state index in [1.807, 2.05) is 12.1 Å². The van der Waals surface area contributed by atoms with Gasteiger partial charge in [-0.2, -0.15) is 0 Å². The van der Waals surface area contributed by atoms with Crippen molar-refractivity contribution in [3.05, 3.63) is 33.8 Å². The van der Waals surface area contributed by atoms with E-state index < -0.39 is 5.38 Å². The van der Waals surface area contributed by atoms with Gasteiger partial charge >= 0.3 is 0 Å². The fourth-order valence-electron chi connectivity index (χ4n) is 1.38. The maximum absolute atomic E-state index is 10.4. The Bertz CT molecular complexity index is 325. The van der Waals surface area contributed by atoms with Crippen LogP contribution in [-0.2, 0) is 17.6 Å². The summed E-state index contributed by atoms with van der Waals surface area (Å²) in [6.45, 7) is 2.09. The summed E-state index contributed by atoms with van der Waals surface area (Å²) in [6.07, 6.45) is 2.35. The third-order valence-corrected chi connectivity index (χ3v) is 2.86. The van der Waals surface area contributed by atoms with Crippen molar-refractivity contribution in [1.29, 1.82) is 0 Å². The van der Waals surface area contributed by atoms with Crippen LogP contribution in [0.4, 0.5) is 0 Å². The Hall–Kier alpha value is -0.340. The average Bonchev–Trinajstić information content (AvgIpc) is 2.20. The molecule has 1 aromatic carbocycles. The molecule has 0 aromatic heterocycles. The van der Waals surface area contributed by atoms with E-state index in [1.165, 1.54) is 5.56 Å². The third-order valence-electron chi connectivity index (χ3n) is 2.11. The number of carbonyl (C=O) groups excluding carboxylic acids is 1. The zero-order chi connectivity index (χ0) is 10.6. The molecule has 1 unspecified atom stereocenters. The van der Waals surface area contributed by atoms with Crippen LogP contribution >= 0.6 is 27.5 Å². The molecule has 1 nitrogen and oxygen atoms in total. The van der Waals surface area contributed by atoms with Gasteiger partial charge in [-0.1, -0.05) is 28.9 Å². The van der Waals surface area contributed by atoms with Crippen molar-refractivity contribution in [2.24, 2.45) is 0 Å². The van der Waals surface area contributed by atoms with Gasteiger partial charge in [0.1, 0.15) is 6.29 Å². The zero-order valence-electron chi connectivity index (χ0n) is 7.97. The van der Waals surface area contributed by atoms with Gasteiger partial charge in [-0.15, -0.1) is 11.6 Å². The predicted octanol–water partition coefficient (Wildman–Crippen LogP) is 3.36. The molecule has 0 saturated carbocycles. The van der Waals surface area contributed by atoms with Crippen molar-refractivity contribution in [3.63, 3.8) is 0 Å². The lowest BCUT2D eigenvalue weighted by molar-refractivity contribution is -0.107. The quantitative estimate of drug-likeness (QED) is 0.608. The van der Waals surface area contributed by atoms with E-state index in [9.17, 15) is 4.79 Å². The van der Waals surface area contributed by atoms with Crippen molar-refractivity contribution in [3.8, 4) is 0 Å². The maximum Gasteiger partial charge on any atom is 0.138 e. The third kappa shape index (κ3) is 3.10. The average molecular weight is 276 g/mol. The molecule has 0 spiro atoms. The van der Waals surface area contributed by atoms with Crippen LogP contribution in [0.5, 0.6) is 0 Å². The summed E-state index contributed by atoms with van der Waals surface area (Å²) in [5.41, 5.74) is 2.40. The molecule has 0 amide bonds. The van der Waals surface area contributed by atoms with Crippen molar-refractivity contribution >= 4 is 33.8 Å². The van der Waals surface area contributed by atoms with E-state index in [1.54, 1.807) is 0 Å². The van der Waals surface area contributed by atoms with E-state index in [0.717, 1.165) is 22.7 Å². The van der Waals surface area contributed by atoms with Crippen molar-refractivity contribution in [1.82, 2.24) is 0 Å². The Morgan fingerprint density at radius 1 is 1.50 bits per heavy atom. The molecular weight excluding hydrogens is 263 g/mol. The lowest BCUT2D eigenvalue weighted by Crippen LogP contribution is -2.06. The first kappa shape index (κ1) is 11.7. The highest BCUT2D eigenvalue weighted by Gasteiger charge is 2.07. The van der Waals surface area contributed by atoms with Crippen LogP contribution in [0.15, 0.2) is 22.7 Å². The van der Waals surface area contributed by atoms with E-state index in [4.69, 9.17) is 11.6 Å². The molecule has 76 valence electrons. The topological polar surface area (TPSA) is 17.1 Å². The van der Waals surface area contributed by atoms with Gasteiger partial charge in [-0.05, 0) is 36.1 Å². The molecule has 0 aliphatic carbocycles. The highest BCUT2D eigenvalue weighted by atomic mass is 79.9. The predicted molar refractivity (Wildman–Crippen MR) is 62.9 cm³/mol. The number of carbonyl (C=O) groups is 1. The number of hydrogen-bond acceptors (Lipinski definition) is 1. The van der Waals surface area contributed by atoms with Crippen molar-refractivity contribution < 1.29 is 4.79 Å². The number of aldehydes is 1. The molecule has 0 bridgehead atoms. The Balaban J connectivity index is 2.90. The summed E-state index contributed by atoms with van der Waals surface area (Å²) in [5, 5.41) is -0.415. The van der Waals surface area contributed by atoms with Crippen LogP contribution in [0.25, 0.3) is 0 Å². The lowest BCUT2D eigenvalue weighted by Gasteiger charge is -2.08. The summed E-state index contributed by atoms with van der Waals surface area (Å²) in [7, 11) is 0. The minimum atomic E-state index is -0.415. The minimum Gasteiger partial charge on any atom is -0.302 e. The fourth-order valence-corrected chi connectivity index (χ4v) is 1.96. The van der Waals surface area contributed by atoms with Crippen LogP contribution in [0.3, 0.4) is 0 Å². The summed E-state index contributed by atoms with van der Waals surface area (Å²) < 4.78 is 1.07. The number of alkyl halides is 1. The monoisotopic (exact) mass is 274 g/mol. The lowest BCUT2D eigenvalue weighted by atomic mass is 10.0. The molecule has 3 heteroatoms. The number of benzene rings is 1. The highest BCUT2D eigenvalue weighted by Crippen LogP contribution is 2.19. The highest BCUT2D eigenvalue weighted by molar-refractivity contribution is 9.10. The number of aryl methyl sites for hydroxylation is 1. The fraction of sp³-hybridized carbons (Fsp3) is 0.364. The van der Waals surface area contributed by atoms with E-state index in [-0.39, 0.29) is 0 Å². The Labute approximate surface area is 97.6 Å². The van der Waals surface area contributed by atoms with Gasteiger partial charge in [0.2, 0.25) is 0 Å². The Morgan fingerprint density at radius 3 is 2.79 bits per heavy atom. The maximum atomic E-state index is 10.4. The number of hydrogen-bond donors (Lipinski definition) is 0.